The molecule has 55 heavy (non-hydrogen) atoms. The zero-order valence-corrected chi connectivity index (χ0v) is 35.5. The molecule has 7 heteroatoms. The SMILES string of the molecule is CCCCCCCCCCCCn1nc2c(-c3cccs3)c3nc(-c4ccc(C(C)(C)C)cc4)c(-c4ccc(C(C)(C)C)cc4)nc3c(-c3cccs3)c2n1. The Bertz CT molecular complexity index is 2150. The van der Waals surface area contributed by atoms with Gasteiger partial charge in [0.2, 0.25) is 0 Å². The van der Waals surface area contributed by atoms with E-state index < -0.39 is 0 Å². The van der Waals surface area contributed by atoms with Gasteiger partial charge in [0.05, 0.1) is 17.9 Å². The van der Waals surface area contributed by atoms with Gasteiger partial charge in [-0.1, -0.05) is 167 Å². The number of fused-ring (bicyclic) bond motifs is 2. The minimum atomic E-state index is 0.0481. The van der Waals surface area contributed by atoms with Crippen LogP contribution in [0.1, 0.15) is 124 Å². The van der Waals surface area contributed by atoms with E-state index in [1.165, 1.54) is 68.9 Å². The van der Waals surface area contributed by atoms with E-state index in [0.717, 1.165) is 78.4 Å². The number of aryl methyl sites for hydroxylation is 1. The van der Waals surface area contributed by atoms with Crippen LogP contribution >= 0.6 is 22.7 Å². The van der Waals surface area contributed by atoms with Gasteiger partial charge in [-0.25, -0.2) is 9.97 Å². The predicted molar refractivity (Wildman–Crippen MR) is 237 cm³/mol. The smallest absolute Gasteiger partial charge is 0.124 e. The van der Waals surface area contributed by atoms with Crippen LogP contribution in [0.15, 0.2) is 83.6 Å². The first kappa shape index (κ1) is 39.1. The molecular weight excluding hydrogens is 711 g/mol. The van der Waals surface area contributed by atoms with E-state index in [9.17, 15) is 0 Å². The van der Waals surface area contributed by atoms with E-state index in [0.29, 0.717) is 0 Å². The second kappa shape index (κ2) is 16.9. The molecule has 0 saturated heterocycles. The van der Waals surface area contributed by atoms with Crippen molar-refractivity contribution in [2.24, 2.45) is 0 Å². The van der Waals surface area contributed by atoms with E-state index in [1.807, 2.05) is 4.80 Å². The zero-order valence-electron chi connectivity index (χ0n) is 33.9. The summed E-state index contributed by atoms with van der Waals surface area (Å²) in [5.74, 6) is 0. The summed E-state index contributed by atoms with van der Waals surface area (Å²) >= 11 is 3.44. The lowest BCUT2D eigenvalue weighted by Crippen LogP contribution is -2.11. The Hall–Kier alpha value is -4.20. The van der Waals surface area contributed by atoms with Crippen LogP contribution in [0.3, 0.4) is 0 Å². The minimum absolute atomic E-state index is 0.0481. The highest BCUT2D eigenvalue weighted by atomic mass is 32.1. The van der Waals surface area contributed by atoms with Gasteiger partial charge in [-0.15, -0.1) is 22.7 Å². The van der Waals surface area contributed by atoms with E-state index >= 15 is 0 Å². The summed E-state index contributed by atoms with van der Waals surface area (Å²) in [6.45, 7) is 16.6. The Morgan fingerprint density at radius 1 is 0.491 bits per heavy atom. The fourth-order valence-corrected chi connectivity index (χ4v) is 9.05. The van der Waals surface area contributed by atoms with Crippen LogP contribution in [0, 0.1) is 0 Å². The van der Waals surface area contributed by atoms with Crippen LogP contribution in [0.4, 0.5) is 0 Å². The molecule has 0 saturated carbocycles. The molecule has 0 aliphatic rings. The molecule has 0 unspecified atom stereocenters. The van der Waals surface area contributed by atoms with E-state index in [1.54, 1.807) is 22.7 Å². The summed E-state index contributed by atoms with van der Waals surface area (Å²) in [5, 5.41) is 14.8. The molecule has 0 aliphatic heterocycles. The Kier molecular flexibility index (Phi) is 12.0. The molecule has 0 radical (unpaired) electrons. The quantitative estimate of drug-likeness (QED) is 0.0975. The molecule has 4 heterocycles. The number of nitrogens with zero attached hydrogens (tertiary/aromatic N) is 5. The highest BCUT2D eigenvalue weighted by molar-refractivity contribution is 7.14. The third-order valence-corrected chi connectivity index (χ3v) is 12.6. The van der Waals surface area contributed by atoms with Gasteiger partial charge in [0.1, 0.15) is 22.1 Å². The third-order valence-electron chi connectivity index (χ3n) is 10.8. The van der Waals surface area contributed by atoms with Crippen LogP contribution in [0.25, 0.3) is 65.5 Å². The Morgan fingerprint density at radius 2 is 0.891 bits per heavy atom. The number of hydrogen-bond acceptors (Lipinski definition) is 6. The minimum Gasteiger partial charge on any atom is -0.243 e. The highest BCUT2D eigenvalue weighted by Crippen LogP contribution is 2.45. The summed E-state index contributed by atoms with van der Waals surface area (Å²) in [6, 6.07) is 26.4. The topological polar surface area (TPSA) is 56.5 Å². The van der Waals surface area contributed by atoms with Gasteiger partial charge in [-0.2, -0.15) is 15.0 Å². The normalized spacial score (nSPS) is 12.3. The Balaban J connectivity index is 1.37. The van der Waals surface area contributed by atoms with Crippen molar-refractivity contribution in [3.05, 3.63) is 94.7 Å². The molecule has 7 rings (SSSR count). The maximum Gasteiger partial charge on any atom is 0.124 e. The molecule has 3 aromatic carbocycles. The van der Waals surface area contributed by atoms with Crippen LogP contribution in [-0.4, -0.2) is 25.0 Å². The van der Waals surface area contributed by atoms with E-state index in [2.05, 4.69) is 132 Å². The van der Waals surface area contributed by atoms with Gasteiger partial charge in [-0.05, 0) is 51.3 Å². The fraction of sp³-hybridized carbons (Fsp3) is 0.417. The van der Waals surface area contributed by atoms with Gasteiger partial charge in [0.15, 0.2) is 0 Å². The number of rotatable bonds is 15. The second-order valence-corrected chi connectivity index (χ2v) is 19.0. The molecule has 0 atom stereocenters. The van der Waals surface area contributed by atoms with E-state index in [-0.39, 0.29) is 10.8 Å². The molecule has 0 bridgehead atoms. The van der Waals surface area contributed by atoms with Crippen molar-refractivity contribution in [2.45, 2.75) is 130 Å². The van der Waals surface area contributed by atoms with Crippen molar-refractivity contribution in [3.63, 3.8) is 0 Å². The lowest BCUT2D eigenvalue weighted by atomic mass is 9.85. The Labute approximate surface area is 336 Å². The largest absolute Gasteiger partial charge is 0.243 e. The summed E-state index contributed by atoms with van der Waals surface area (Å²) < 4.78 is 0. The maximum atomic E-state index is 5.67. The van der Waals surface area contributed by atoms with Crippen molar-refractivity contribution < 1.29 is 0 Å². The molecule has 0 spiro atoms. The number of hydrogen-bond donors (Lipinski definition) is 0. The second-order valence-electron chi connectivity index (χ2n) is 17.2. The van der Waals surface area contributed by atoms with Crippen LogP contribution in [0.5, 0.6) is 0 Å². The molecule has 0 fully saturated rings. The van der Waals surface area contributed by atoms with Crippen molar-refractivity contribution in [3.8, 4) is 43.4 Å². The summed E-state index contributed by atoms with van der Waals surface area (Å²) in [4.78, 5) is 15.5. The van der Waals surface area contributed by atoms with E-state index in [4.69, 9.17) is 20.2 Å². The van der Waals surface area contributed by atoms with Gasteiger partial charge in [0.25, 0.3) is 0 Å². The number of thiophene rings is 2. The Morgan fingerprint density at radius 3 is 1.25 bits per heavy atom. The molecular formula is C48H57N5S2. The lowest BCUT2D eigenvalue weighted by molar-refractivity contribution is 0.483. The maximum absolute atomic E-state index is 5.67. The molecule has 5 nitrogen and oxygen atoms in total. The zero-order chi connectivity index (χ0) is 38.6. The van der Waals surface area contributed by atoms with Crippen molar-refractivity contribution >= 4 is 44.7 Å². The molecule has 0 aliphatic carbocycles. The first-order chi connectivity index (χ1) is 26.5. The summed E-state index contributed by atoms with van der Waals surface area (Å²) in [7, 11) is 0. The summed E-state index contributed by atoms with van der Waals surface area (Å²) in [5.41, 5.74) is 12.1. The molecule has 7 aromatic rings. The molecule has 4 aromatic heterocycles. The van der Waals surface area contributed by atoms with Crippen molar-refractivity contribution in [1.82, 2.24) is 25.0 Å². The monoisotopic (exact) mass is 767 g/mol. The third kappa shape index (κ3) is 8.79. The highest BCUT2D eigenvalue weighted by Gasteiger charge is 2.27. The van der Waals surface area contributed by atoms with Crippen molar-refractivity contribution in [1.29, 1.82) is 0 Å². The molecule has 0 N–H and O–H groups in total. The van der Waals surface area contributed by atoms with Gasteiger partial charge in [-0.3, -0.25) is 0 Å². The number of benzene rings is 3. The van der Waals surface area contributed by atoms with Crippen molar-refractivity contribution in [2.75, 3.05) is 0 Å². The van der Waals surface area contributed by atoms with Crippen LogP contribution in [0.2, 0.25) is 0 Å². The standard InChI is InChI=1S/C48H57N5S2/c1-8-9-10-11-12-13-14-15-16-17-30-53-51-45-39(37-20-18-31-54-37)43-44(40(46(45)52-53)38-21-19-32-55-38)50-42(34-24-28-36(29-25-34)48(5,6)7)41(49-43)33-22-26-35(27-23-33)47(2,3)4/h18-29,31-32H,8-17,30H2,1-7H3. The van der Waals surface area contributed by atoms with Gasteiger partial charge < -0.3 is 0 Å². The fourth-order valence-electron chi connectivity index (χ4n) is 7.50. The lowest BCUT2D eigenvalue weighted by Gasteiger charge is -2.21. The van der Waals surface area contributed by atoms with Crippen LogP contribution in [-0.2, 0) is 17.4 Å². The number of aromatic nitrogens is 5. The summed E-state index contributed by atoms with van der Waals surface area (Å²) in [6.07, 6.45) is 13.0. The first-order valence-corrected chi connectivity index (χ1v) is 22.2. The predicted octanol–water partition coefficient (Wildman–Crippen LogP) is 14.7. The van der Waals surface area contributed by atoms with Gasteiger partial charge in [0, 0.05) is 32.0 Å². The average molecular weight is 768 g/mol. The average Bonchev–Trinajstić information content (AvgIpc) is 3.97. The first-order valence-electron chi connectivity index (χ1n) is 20.4. The molecule has 0 amide bonds. The molecule has 286 valence electrons. The van der Waals surface area contributed by atoms with Gasteiger partial charge >= 0.3 is 0 Å². The number of unbranched alkanes of at least 4 members (excludes halogenated alkanes) is 9. The van der Waals surface area contributed by atoms with Crippen LogP contribution < -0.4 is 0 Å².